The molecular formula is C23H23N5O. The fourth-order valence-electron chi connectivity index (χ4n) is 3.28. The monoisotopic (exact) mass is 385 g/mol. The third-order valence-corrected chi connectivity index (χ3v) is 4.66. The molecule has 29 heavy (non-hydrogen) atoms. The number of nitrogens with one attached hydrogen (secondary N) is 1. The minimum absolute atomic E-state index is 0.224. The highest BCUT2D eigenvalue weighted by Crippen LogP contribution is 2.24. The zero-order chi connectivity index (χ0) is 20.2. The Labute approximate surface area is 169 Å². The lowest BCUT2D eigenvalue weighted by molar-refractivity contribution is 0.475. The van der Waals surface area contributed by atoms with Gasteiger partial charge in [0.05, 0.1) is 11.9 Å². The summed E-state index contributed by atoms with van der Waals surface area (Å²) in [4.78, 5) is 8.97. The van der Waals surface area contributed by atoms with E-state index in [1.165, 1.54) is 11.1 Å². The second kappa shape index (κ2) is 8.14. The van der Waals surface area contributed by atoms with Gasteiger partial charge in [-0.25, -0.2) is 9.97 Å². The minimum atomic E-state index is 0.224. The Morgan fingerprint density at radius 3 is 2.59 bits per heavy atom. The van der Waals surface area contributed by atoms with E-state index < -0.39 is 0 Å². The highest BCUT2D eigenvalue weighted by atomic mass is 16.3. The van der Waals surface area contributed by atoms with Gasteiger partial charge in [-0.05, 0) is 36.6 Å². The van der Waals surface area contributed by atoms with Crippen molar-refractivity contribution in [1.82, 2.24) is 19.7 Å². The van der Waals surface area contributed by atoms with Crippen molar-refractivity contribution in [1.29, 1.82) is 0 Å². The molecule has 146 valence electrons. The Kier molecular flexibility index (Phi) is 5.24. The molecule has 4 aromatic rings. The molecule has 0 amide bonds. The largest absolute Gasteiger partial charge is 0.508 e. The van der Waals surface area contributed by atoms with Gasteiger partial charge in [-0.1, -0.05) is 36.4 Å². The molecule has 0 unspecified atom stereocenters. The maximum atomic E-state index is 9.72. The molecular weight excluding hydrogens is 362 g/mol. The standard InChI is InChI=1S/C23H23N5O/c1-16-26-22(19-7-4-8-21(29)12-19)13-23(27-16)24-10-9-17-5-3-6-18(11-17)20-14-25-28(2)15-20/h3-8,11-15,29H,9-10H2,1-2H3,(H,24,26,27). The van der Waals surface area contributed by atoms with E-state index in [1.807, 2.05) is 49.2 Å². The van der Waals surface area contributed by atoms with Crippen molar-refractivity contribution in [3.63, 3.8) is 0 Å². The van der Waals surface area contributed by atoms with Crippen molar-refractivity contribution in [2.24, 2.45) is 7.05 Å². The fraction of sp³-hybridized carbons (Fsp3) is 0.174. The molecule has 0 fully saturated rings. The number of hydrogen-bond acceptors (Lipinski definition) is 5. The predicted octanol–water partition coefficient (Wildman–Crippen LogP) is 4.21. The average molecular weight is 385 g/mol. The van der Waals surface area contributed by atoms with Crippen LogP contribution in [0, 0.1) is 6.92 Å². The number of benzene rings is 2. The van der Waals surface area contributed by atoms with Crippen molar-refractivity contribution in [2.45, 2.75) is 13.3 Å². The molecule has 0 aliphatic heterocycles. The molecule has 0 aliphatic carbocycles. The lowest BCUT2D eigenvalue weighted by Crippen LogP contribution is -2.08. The quantitative estimate of drug-likeness (QED) is 0.520. The molecule has 0 saturated carbocycles. The summed E-state index contributed by atoms with van der Waals surface area (Å²) >= 11 is 0. The van der Waals surface area contributed by atoms with Gasteiger partial charge < -0.3 is 10.4 Å². The molecule has 6 heteroatoms. The van der Waals surface area contributed by atoms with Gasteiger partial charge in [-0.15, -0.1) is 0 Å². The third-order valence-electron chi connectivity index (χ3n) is 4.66. The van der Waals surface area contributed by atoms with E-state index in [0.717, 1.165) is 35.6 Å². The number of aromatic nitrogens is 4. The normalized spacial score (nSPS) is 10.8. The molecule has 2 aromatic heterocycles. The molecule has 2 N–H and O–H groups in total. The summed E-state index contributed by atoms with van der Waals surface area (Å²) in [6.07, 6.45) is 4.77. The van der Waals surface area contributed by atoms with Crippen LogP contribution in [0.2, 0.25) is 0 Å². The first-order valence-electron chi connectivity index (χ1n) is 9.54. The number of aryl methyl sites for hydroxylation is 2. The number of phenolic OH excluding ortho intramolecular Hbond substituents is 1. The first-order valence-corrected chi connectivity index (χ1v) is 9.54. The zero-order valence-electron chi connectivity index (χ0n) is 16.5. The average Bonchev–Trinajstić information content (AvgIpc) is 3.14. The molecule has 4 rings (SSSR count). The SMILES string of the molecule is Cc1nc(NCCc2cccc(-c3cnn(C)c3)c2)cc(-c2cccc(O)c2)n1. The molecule has 0 spiro atoms. The van der Waals surface area contributed by atoms with Crippen molar-refractivity contribution in [3.05, 3.63) is 78.4 Å². The number of phenols is 1. The maximum absolute atomic E-state index is 9.72. The Bertz CT molecular complexity index is 1140. The zero-order valence-corrected chi connectivity index (χ0v) is 16.5. The number of anilines is 1. The van der Waals surface area contributed by atoms with Crippen LogP contribution in [0.4, 0.5) is 5.82 Å². The van der Waals surface area contributed by atoms with Crippen LogP contribution in [0.5, 0.6) is 5.75 Å². The van der Waals surface area contributed by atoms with Gasteiger partial charge in [-0.2, -0.15) is 5.10 Å². The molecule has 0 bridgehead atoms. The Balaban J connectivity index is 1.45. The van der Waals surface area contributed by atoms with Crippen LogP contribution >= 0.6 is 0 Å². The van der Waals surface area contributed by atoms with E-state index in [1.54, 1.807) is 12.1 Å². The summed E-state index contributed by atoms with van der Waals surface area (Å²) in [7, 11) is 1.92. The molecule has 6 nitrogen and oxygen atoms in total. The molecule has 0 radical (unpaired) electrons. The van der Waals surface area contributed by atoms with Gasteiger partial charge >= 0.3 is 0 Å². The minimum Gasteiger partial charge on any atom is -0.508 e. The Morgan fingerprint density at radius 2 is 1.79 bits per heavy atom. The van der Waals surface area contributed by atoms with Gasteiger partial charge in [0.1, 0.15) is 17.4 Å². The van der Waals surface area contributed by atoms with Crippen LogP contribution in [0.15, 0.2) is 67.0 Å². The van der Waals surface area contributed by atoms with Gasteiger partial charge in [0, 0.05) is 37.0 Å². The predicted molar refractivity (Wildman–Crippen MR) is 115 cm³/mol. The third kappa shape index (κ3) is 4.60. The Morgan fingerprint density at radius 1 is 0.966 bits per heavy atom. The highest BCUT2D eigenvalue weighted by molar-refractivity contribution is 5.64. The van der Waals surface area contributed by atoms with E-state index in [2.05, 4.69) is 44.6 Å². The molecule has 0 aliphatic rings. The summed E-state index contributed by atoms with van der Waals surface area (Å²) in [5, 5.41) is 17.4. The second-order valence-corrected chi connectivity index (χ2v) is 7.02. The summed E-state index contributed by atoms with van der Waals surface area (Å²) in [6.45, 7) is 2.63. The summed E-state index contributed by atoms with van der Waals surface area (Å²) < 4.78 is 1.81. The lowest BCUT2D eigenvalue weighted by Gasteiger charge is -2.10. The van der Waals surface area contributed by atoms with Crippen LogP contribution < -0.4 is 5.32 Å². The highest BCUT2D eigenvalue weighted by Gasteiger charge is 2.06. The van der Waals surface area contributed by atoms with Gasteiger partial charge in [0.15, 0.2) is 0 Å². The Hall–Kier alpha value is -3.67. The van der Waals surface area contributed by atoms with Gasteiger partial charge in [0.25, 0.3) is 0 Å². The van der Waals surface area contributed by atoms with Crippen molar-refractivity contribution >= 4 is 5.82 Å². The lowest BCUT2D eigenvalue weighted by atomic mass is 10.0. The summed E-state index contributed by atoms with van der Waals surface area (Å²) in [5.41, 5.74) is 5.18. The molecule has 0 atom stereocenters. The van der Waals surface area contributed by atoms with Crippen LogP contribution in [-0.4, -0.2) is 31.4 Å². The van der Waals surface area contributed by atoms with Crippen LogP contribution in [0.1, 0.15) is 11.4 Å². The van der Waals surface area contributed by atoms with Gasteiger partial charge in [-0.3, -0.25) is 4.68 Å². The smallest absolute Gasteiger partial charge is 0.130 e. The number of hydrogen-bond donors (Lipinski definition) is 2. The van der Waals surface area contributed by atoms with E-state index in [4.69, 9.17) is 0 Å². The van der Waals surface area contributed by atoms with Crippen molar-refractivity contribution < 1.29 is 5.11 Å². The van der Waals surface area contributed by atoms with E-state index in [9.17, 15) is 5.11 Å². The fourth-order valence-corrected chi connectivity index (χ4v) is 3.28. The first-order chi connectivity index (χ1) is 14.1. The summed E-state index contributed by atoms with van der Waals surface area (Å²) in [6, 6.07) is 17.5. The molecule has 2 aromatic carbocycles. The topological polar surface area (TPSA) is 75.9 Å². The van der Waals surface area contributed by atoms with E-state index in [0.29, 0.717) is 5.82 Å². The van der Waals surface area contributed by atoms with E-state index in [-0.39, 0.29) is 5.75 Å². The van der Waals surface area contributed by atoms with Gasteiger partial charge in [0.2, 0.25) is 0 Å². The van der Waals surface area contributed by atoms with E-state index >= 15 is 0 Å². The number of nitrogens with zero attached hydrogens (tertiary/aromatic N) is 4. The van der Waals surface area contributed by atoms with Crippen molar-refractivity contribution in [3.8, 4) is 28.1 Å². The maximum Gasteiger partial charge on any atom is 0.130 e. The molecule has 0 saturated heterocycles. The number of aromatic hydroxyl groups is 1. The second-order valence-electron chi connectivity index (χ2n) is 7.02. The first kappa shape index (κ1) is 18.7. The van der Waals surface area contributed by atoms with Crippen LogP contribution in [0.25, 0.3) is 22.4 Å². The molecule has 2 heterocycles. The van der Waals surface area contributed by atoms with Crippen LogP contribution in [-0.2, 0) is 13.5 Å². The summed E-state index contributed by atoms with van der Waals surface area (Å²) in [5.74, 6) is 1.69. The van der Waals surface area contributed by atoms with Crippen LogP contribution in [0.3, 0.4) is 0 Å². The van der Waals surface area contributed by atoms with Crippen molar-refractivity contribution in [2.75, 3.05) is 11.9 Å². The number of rotatable bonds is 6.